The van der Waals surface area contributed by atoms with E-state index in [2.05, 4.69) is 24.3 Å². The number of ether oxygens (including phenoxy) is 1. The SMILES string of the molecule is O=C(OC(=O)C1C[C@H]2C=CC1C2)C1CC2C=CC1C2. The predicted octanol–water partition coefficient (Wildman–Crippen LogP) is 2.48. The van der Waals surface area contributed by atoms with Crippen LogP contribution in [0.3, 0.4) is 0 Å². The molecule has 6 atom stereocenters. The molecular weight excluding hydrogens is 240 g/mol. The minimum atomic E-state index is -0.284. The number of esters is 2. The van der Waals surface area contributed by atoms with E-state index in [0.717, 1.165) is 25.7 Å². The van der Waals surface area contributed by atoms with E-state index in [1.165, 1.54) is 0 Å². The molecule has 0 amide bonds. The second-order valence-corrected chi connectivity index (χ2v) is 6.51. The van der Waals surface area contributed by atoms with Gasteiger partial charge in [-0.15, -0.1) is 0 Å². The van der Waals surface area contributed by atoms with Crippen molar-refractivity contribution in [1.82, 2.24) is 0 Å². The Morgan fingerprint density at radius 3 is 1.53 bits per heavy atom. The summed E-state index contributed by atoms with van der Waals surface area (Å²) >= 11 is 0. The third-order valence-corrected chi connectivity index (χ3v) is 5.36. The van der Waals surface area contributed by atoms with Crippen molar-refractivity contribution in [2.45, 2.75) is 25.7 Å². The van der Waals surface area contributed by atoms with Gasteiger partial charge in [0.05, 0.1) is 11.8 Å². The first-order valence-corrected chi connectivity index (χ1v) is 7.33. The second kappa shape index (κ2) is 4.06. The molecule has 2 saturated carbocycles. The Labute approximate surface area is 112 Å². The average molecular weight is 258 g/mol. The maximum atomic E-state index is 12.1. The monoisotopic (exact) mass is 258 g/mol. The van der Waals surface area contributed by atoms with Crippen molar-refractivity contribution >= 4 is 11.9 Å². The molecule has 5 unspecified atom stereocenters. The lowest BCUT2D eigenvalue weighted by atomic mass is 9.92. The average Bonchev–Trinajstić information content (AvgIpc) is 3.17. The van der Waals surface area contributed by atoms with Crippen LogP contribution in [0.15, 0.2) is 24.3 Å². The van der Waals surface area contributed by atoms with Gasteiger partial charge in [-0.1, -0.05) is 24.3 Å². The van der Waals surface area contributed by atoms with Gasteiger partial charge in [-0.25, -0.2) is 0 Å². The second-order valence-electron chi connectivity index (χ2n) is 6.51. The van der Waals surface area contributed by atoms with Gasteiger partial charge in [0.25, 0.3) is 0 Å². The number of rotatable bonds is 2. The molecule has 0 N–H and O–H groups in total. The van der Waals surface area contributed by atoms with Crippen LogP contribution in [0.2, 0.25) is 0 Å². The van der Waals surface area contributed by atoms with E-state index in [4.69, 9.17) is 4.74 Å². The molecule has 4 bridgehead atoms. The van der Waals surface area contributed by atoms with Gasteiger partial charge in [-0.2, -0.15) is 0 Å². The van der Waals surface area contributed by atoms with Gasteiger partial charge in [0.15, 0.2) is 0 Å². The molecule has 0 heterocycles. The first-order chi connectivity index (χ1) is 9.20. The summed E-state index contributed by atoms with van der Waals surface area (Å²) in [7, 11) is 0. The van der Waals surface area contributed by atoms with Crippen LogP contribution in [0.25, 0.3) is 0 Å². The predicted molar refractivity (Wildman–Crippen MR) is 68.8 cm³/mol. The van der Waals surface area contributed by atoms with E-state index in [0.29, 0.717) is 23.7 Å². The smallest absolute Gasteiger partial charge is 0.317 e. The van der Waals surface area contributed by atoms with Crippen LogP contribution in [0.5, 0.6) is 0 Å². The quantitative estimate of drug-likeness (QED) is 0.434. The van der Waals surface area contributed by atoms with Crippen LogP contribution in [0.4, 0.5) is 0 Å². The van der Waals surface area contributed by atoms with E-state index in [-0.39, 0.29) is 23.8 Å². The fourth-order valence-electron chi connectivity index (χ4n) is 4.35. The van der Waals surface area contributed by atoms with E-state index >= 15 is 0 Å². The molecular formula is C16H18O3. The standard InChI is InChI=1S/C16H18O3/c17-15(13-7-9-1-3-11(13)5-9)19-16(18)14-8-10-2-4-12(14)6-10/h1-4,9-14H,5-8H2/t9-,10?,11?,12?,13?,14?/m0/s1. The normalized spacial score (nSPS) is 45.1. The van der Waals surface area contributed by atoms with Crippen LogP contribution in [-0.2, 0) is 14.3 Å². The Balaban J connectivity index is 1.39. The van der Waals surface area contributed by atoms with E-state index in [9.17, 15) is 9.59 Å². The van der Waals surface area contributed by atoms with Crippen molar-refractivity contribution < 1.29 is 14.3 Å². The minimum absolute atomic E-state index is 0.0758. The molecule has 0 spiro atoms. The lowest BCUT2D eigenvalue weighted by Crippen LogP contribution is -2.29. The van der Waals surface area contributed by atoms with E-state index < -0.39 is 0 Å². The molecule has 0 aromatic heterocycles. The van der Waals surface area contributed by atoms with Crippen molar-refractivity contribution in [2.75, 3.05) is 0 Å². The van der Waals surface area contributed by atoms with Crippen LogP contribution in [0.1, 0.15) is 25.7 Å². The van der Waals surface area contributed by atoms with Gasteiger partial charge in [0.1, 0.15) is 0 Å². The highest BCUT2D eigenvalue weighted by Gasteiger charge is 2.44. The maximum Gasteiger partial charge on any atom is 0.317 e. The van der Waals surface area contributed by atoms with Gasteiger partial charge in [-0.3, -0.25) is 9.59 Å². The molecule has 0 saturated heterocycles. The summed E-state index contributed by atoms with van der Waals surface area (Å²) in [5.74, 6) is 0.963. The Kier molecular flexibility index (Phi) is 2.44. The third-order valence-electron chi connectivity index (χ3n) is 5.36. The van der Waals surface area contributed by atoms with Crippen LogP contribution in [0, 0.1) is 35.5 Å². The van der Waals surface area contributed by atoms with Crippen molar-refractivity contribution in [3.8, 4) is 0 Å². The third kappa shape index (κ3) is 1.78. The first kappa shape index (κ1) is 11.4. The molecule has 4 aliphatic carbocycles. The highest BCUT2D eigenvalue weighted by Crippen LogP contribution is 2.46. The molecule has 0 aliphatic heterocycles. The van der Waals surface area contributed by atoms with Gasteiger partial charge in [0.2, 0.25) is 0 Å². The summed E-state index contributed by atoms with van der Waals surface area (Å²) in [6, 6.07) is 0. The Hall–Kier alpha value is -1.38. The molecule has 0 radical (unpaired) electrons. The number of carbonyl (C=O) groups excluding carboxylic acids is 2. The van der Waals surface area contributed by atoms with Crippen molar-refractivity contribution in [1.29, 1.82) is 0 Å². The highest BCUT2D eigenvalue weighted by molar-refractivity contribution is 5.89. The number of hydrogen-bond donors (Lipinski definition) is 0. The molecule has 2 fully saturated rings. The topological polar surface area (TPSA) is 43.4 Å². The number of carbonyl (C=O) groups is 2. The summed E-state index contributed by atoms with van der Waals surface area (Å²) < 4.78 is 5.18. The summed E-state index contributed by atoms with van der Waals surface area (Å²) in [4.78, 5) is 24.2. The molecule has 4 aliphatic rings. The summed E-state index contributed by atoms with van der Waals surface area (Å²) in [5.41, 5.74) is 0. The number of fused-ring (bicyclic) bond motifs is 4. The largest absolute Gasteiger partial charge is 0.393 e. The van der Waals surface area contributed by atoms with Gasteiger partial charge < -0.3 is 4.74 Å². The summed E-state index contributed by atoms with van der Waals surface area (Å²) in [5, 5.41) is 0. The molecule has 3 heteroatoms. The van der Waals surface area contributed by atoms with Crippen LogP contribution in [-0.4, -0.2) is 11.9 Å². The van der Waals surface area contributed by atoms with Gasteiger partial charge in [0, 0.05) is 0 Å². The zero-order valence-electron chi connectivity index (χ0n) is 10.8. The molecule has 3 nitrogen and oxygen atoms in total. The van der Waals surface area contributed by atoms with Crippen molar-refractivity contribution in [3.05, 3.63) is 24.3 Å². The Morgan fingerprint density at radius 2 is 1.21 bits per heavy atom. The lowest BCUT2D eigenvalue weighted by molar-refractivity contribution is -0.166. The highest BCUT2D eigenvalue weighted by atomic mass is 16.6. The first-order valence-electron chi connectivity index (χ1n) is 7.33. The fraction of sp³-hybridized carbons (Fsp3) is 0.625. The van der Waals surface area contributed by atoms with Gasteiger partial charge in [-0.05, 0) is 49.4 Å². The minimum Gasteiger partial charge on any atom is -0.393 e. The Bertz CT molecular complexity index is 446. The molecule has 0 aromatic carbocycles. The molecule has 100 valence electrons. The van der Waals surface area contributed by atoms with Crippen LogP contribution < -0.4 is 0 Å². The number of hydrogen-bond acceptors (Lipinski definition) is 3. The zero-order chi connectivity index (χ0) is 13.0. The van der Waals surface area contributed by atoms with Crippen LogP contribution >= 0.6 is 0 Å². The summed E-state index contributed by atoms with van der Waals surface area (Å²) in [6.45, 7) is 0. The fourth-order valence-corrected chi connectivity index (χ4v) is 4.35. The molecule has 4 rings (SSSR count). The Morgan fingerprint density at radius 1 is 0.737 bits per heavy atom. The van der Waals surface area contributed by atoms with E-state index in [1.54, 1.807) is 0 Å². The van der Waals surface area contributed by atoms with E-state index in [1.807, 2.05) is 0 Å². The molecule has 0 aromatic rings. The van der Waals surface area contributed by atoms with Crippen molar-refractivity contribution in [2.24, 2.45) is 35.5 Å². The van der Waals surface area contributed by atoms with Crippen molar-refractivity contribution in [3.63, 3.8) is 0 Å². The lowest BCUT2D eigenvalue weighted by Gasteiger charge is -2.19. The summed E-state index contributed by atoms with van der Waals surface area (Å²) in [6.07, 6.45) is 12.5. The zero-order valence-corrected chi connectivity index (χ0v) is 10.8. The van der Waals surface area contributed by atoms with Gasteiger partial charge >= 0.3 is 11.9 Å². The molecule has 19 heavy (non-hydrogen) atoms. The number of allylic oxidation sites excluding steroid dienone is 4. The maximum absolute atomic E-state index is 12.1.